The molecular formula is C14H16N4O2S. The van der Waals surface area contributed by atoms with Crippen LogP contribution >= 0.6 is 12.2 Å². The van der Waals surface area contributed by atoms with Gasteiger partial charge in [-0.3, -0.25) is 4.68 Å². The maximum Gasteiger partial charge on any atom is 0.356 e. The van der Waals surface area contributed by atoms with Crippen LogP contribution < -0.4 is 10.6 Å². The number of carboxylic acid groups (broad SMARTS) is 1. The van der Waals surface area contributed by atoms with E-state index in [1.54, 1.807) is 7.05 Å². The first-order chi connectivity index (χ1) is 9.88. The number of aromatic carboxylic acids is 1. The van der Waals surface area contributed by atoms with E-state index in [2.05, 4.69) is 15.7 Å². The van der Waals surface area contributed by atoms with Crippen LogP contribution in [0.3, 0.4) is 0 Å². The summed E-state index contributed by atoms with van der Waals surface area (Å²) in [5.74, 6) is -1.06. The molecule has 0 spiro atoms. The second-order valence-corrected chi connectivity index (χ2v) is 5.14. The number of carboxylic acids is 1. The smallest absolute Gasteiger partial charge is 0.356 e. The van der Waals surface area contributed by atoms with Gasteiger partial charge in [-0.05, 0) is 37.7 Å². The summed E-state index contributed by atoms with van der Waals surface area (Å²) in [7, 11) is 1.56. The third kappa shape index (κ3) is 3.38. The largest absolute Gasteiger partial charge is 0.476 e. The van der Waals surface area contributed by atoms with Crippen LogP contribution in [-0.4, -0.2) is 26.0 Å². The molecule has 0 bridgehead atoms. The summed E-state index contributed by atoms with van der Waals surface area (Å²) in [6.45, 7) is 3.99. The lowest BCUT2D eigenvalue weighted by molar-refractivity contribution is 0.0686. The maximum atomic E-state index is 11.2. The van der Waals surface area contributed by atoms with Crippen molar-refractivity contribution in [3.8, 4) is 0 Å². The molecule has 1 heterocycles. The molecule has 2 aromatic rings. The van der Waals surface area contributed by atoms with Gasteiger partial charge in [-0.25, -0.2) is 4.79 Å². The fraction of sp³-hybridized carbons (Fsp3) is 0.214. The number of benzene rings is 1. The van der Waals surface area contributed by atoms with Crippen molar-refractivity contribution in [2.75, 3.05) is 10.6 Å². The summed E-state index contributed by atoms with van der Waals surface area (Å²) in [4.78, 5) is 11.2. The maximum absolute atomic E-state index is 11.2. The highest BCUT2D eigenvalue weighted by molar-refractivity contribution is 7.80. The van der Waals surface area contributed by atoms with E-state index in [9.17, 15) is 4.79 Å². The molecule has 1 aromatic heterocycles. The van der Waals surface area contributed by atoms with Crippen molar-refractivity contribution in [3.63, 3.8) is 0 Å². The highest BCUT2D eigenvalue weighted by atomic mass is 32.1. The first-order valence-corrected chi connectivity index (χ1v) is 6.70. The van der Waals surface area contributed by atoms with E-state index in [1.807, 2.05) is 32.0 Å². The van der Waals surface area contributed by atoms with Crippen molar-refractivity contribution < 1.29 is 9.90 Å². The van der Waals surface area contributed by atoms with Gasteiger partial charge < -0.3 is 15.7 Å². The summed E-state index contributed by atoms with van der Waals surface area (Å²) in [5.41, 5.74) is 3.51. The fourth-order valence-electron chi connectivity index (χ4n) is 2.01. The predicted octanol–water partition coefficient (Wildman–Crippen LogP) is 2.54. The lowest BCUT2D eigenvalue weighted by Crippen LogP contribution is -2.21. The summed E-state index contributed by atoms with van der Waals surface area (Å²) in [6.07, 6.45) is 1.43. The summed E-state index contributed by atoms with van der Waals surface area (Å²) < 4.78 is 1.28. The molecule has 0 fully saturated rings. The van der Waals surface area contributed by atoms with Crippen LogP contribution in [0, 0.1) is 13.8 Å². The van der Waals surface area contributed by atoms with Gasteiger partial charge in [-0.2, -0.15) is 5.10 Å². The predicted molar refractivity (Wildman–Crippen MR) is 85.9 cm³/mol. The van der Waals surface area contributed by atoms with Gasteiger partial charge in [0, 0.05) is 12.7 Å². The Morgan fingerprint density at radius 3 is 2.57 bits per heavy atom. The highest BCUT2D eigenvalue weighted by Crippen LogP contribution is 2.18. The molecule has 21 heavy (non-hydrogen) atoms. The second-order valence-electron chi connectivity index (χ2n) is 4.73. The zero-order valence-electron chi connectivity index (χ0n) is 12.0. The fourth-order valence-corrected chi connectivity index (χ4v) is 2.23. The number of anilines is 2. The average molecular weight is 304 g/mol. The zero-order chi connectivity index (χ0) is 15.6. The Morgan fingerprint density at radius 1 is 1.29 bits per heavy atom. The van der Waals surface area contributed by atoms with Crippen molar-refractivity contribution in [2.45, 2.75) is 13.8 Å². The normalized spacial score (nSPS) is 10.2. The molecule has 2 rings (SSSR count). The van der Waals surface area contributed by atoms with Crippen LogP contribution in [0.15, 0.2) is 24.4 Å². The Labute approximate surface area is 127 Å². The summed E-state index contributed by atoms with van der Waals surface area (Å²) >= 11 is 5.21. The van der Waals surface area contributed by atoms with Crippen molar-refractivity contribution in [1.29, 1.82) is 0 Å². The van der Waals surface area contributed by atoms with E-state index in [-0.39, 0.29) is 5.69 Å². The van der Waals surface area contributed by atoms with Crippen molar-refractivity contribution >= 4 is 34.7 Å². The Balaban J connectivity index is 2.14. The molecule has 0 aliphatic carbocycles. The molecule has 0 aliphatic rings. The van der Waals surface area contributed by atoms with Gasteiger partial charge in [-0.15, -0.1) is 0 Å². The van der Waals surface area contributed by atoms with Gasteiger partial charge >= 0.3 is 5.97 Å². The van der Waals surface area contributed by atoms with Crippen LogP contribution in [0.25, 0.3) is 0 Å². The first kappa shape index (κ1) is 15.0. The van der Waals surface area contributed by atoms with E-state index in [4.69, 9.17) is 17.3 Å². The molecule has 0 unspecified atom stereocenters. The minimum absolute atomic E-state index is 0.0554. The van der Waals surface area contributed by atoms with Gasteiger partial charge in [0.15, 0.2) is 10.8 Å². The standard InChI is InChI=1S/C14H16N4O2S/c1-8-4-5-10(9(2)6-8)16-14(21)17-11-7-15-18(3)12(11)13(19)20/h4-7H,1-3H3,(H,19,20)(H2,16,17,21). The first-order valence-electron chi connectivity index (χ1n) is 6.29. The van der Waals surface area contributed by atoms with Gasteiger partial charge in [0.25, 0.3) is 0 Å². The molecule has 1 aromatic carbocycles. The number of nitrogens with zero attached hydrogens (tertiary/aromatic N) is 2. The molecule has 0 radical (unpaired) electrons. The molecule has 110 valence electrons. The molecule has 0 atom stereocenters. The number of aromatic nitrogens is 2. The molecule has 0 aliphatic heterocycles. The average Bonchev–Trinajstić information content (AvgIpc) is 2.74. The SMILES string of the molecule is Cc1ccc(NC(=S)Nc2cnn(C)c2C(=O)O)c(C)c1. The van der Waals surface area contributed by atoms with Crippen molar-refractivity contribution in [3.05, 3.63) is 41.2 Å². The third-order valence-electron chi connectivity index (χ3n) is 3.02. The highest BCUT2D eigenvalue weighted by Gasteiger charge is 2.16. The lowest BCUT2D eigenvalue weighted by atomic mass is 10.1. The second kappa shape index (κ2) is 5.92. The monoisotopic (exact) mass is 304 g/mol. The van der Waals surface area contributed by atoms with Gasteiger partial charge in [0.2, 0.25) is 0 Å². The Kier molecular flexibility index (Phi) is 4.23. The number of hydrogen-bond acceptors (Lipinski definition) is 3. The molecule has 3 N–H and O–H groups in total. The van der Waals surface area contributed by atoms with Crippen LogP contribution in [0.2, 0.25) is 0 Å². The summed E-state index contributed by atoms with van der Waals surface area (Å²) in [5, 5.41) is 19.3. The van der Waals surface area contributed by atoms with Gasteiger partial charge in [-0.1, -0.05) is 17.7 Å². The van der Waals surface area contributed by atoms with E-state index >= 15 is 0 Å². The summed E-state index contributed by atoms with van der Waals surface area (Å²) in [6, 6.07) is 5.95. The zero-order valence-corrected chi connectivity index (χ0v) is 12.8. The van der Waals surface area contributed by atoms with Crippen LogP contribution in [-0.2, 0) is 7.05 Å². The molecular weight excluding hydrogens is 288 g/mol. The molecule has 0 saturated heterocycles. The Bertz CT molecular complexity index is 709. The number of nitrogens with one attached hydrogen (secondary N) is 2. The molecule has 6 nitrogen and oxygen atoms in total. The van der Waals surface area contributed by atoms with E-state index in [0.717, 1.165) is 16.8 Å². The number of hydrogen-bond donors (Lipinski definition) is 3. The van der Waals surface area contributed by atoms with Gasteiger partial charge in [0.1, 0.15) is 0 Å². The minimum Gasteiger partial charge on any atom is -0.476 e. The number of rotatable bonds is 3. The number of aryl methyl sites for hydroxylation is 3. The Morgan fingerprint density at radius 2 is 1.95 bits per heavy atom. The van der Waals surface area contributed by atoms with Gasteiger partial charge in [0.05, 0.1) is 11.9 Å². The minimum atomic E-state index is -1.06. The van der Waals surface area contributed by atoms with E-state index < -0.39 is 5.97 Å². The van der Waals surface area contributed by atoms with E-state index in [0.29, 0.717) is 10.8 Å². The number of thiocarbonyl (C=S) groups is 1. The molecule has 0 amide bonds. The van der Waals surface area contributed by atoms with Crippen molar-refractivity contribution in [2.24, 2.45) is 7.05 Å². The third-order valence-corrected chi connectivity index (χ3v) is 3.22. The lowest BCUT2D eigenvalue weighted by Gasteiger charge is -2.12. The Hall–Kier alpha value is -2.41. The quantitative estimate of drug-likeness (QED) is 0.756. The topological polar surface area (TPSA) is 79.2 Å². The van der Waals surface area contributed by atoms with Crippen LogP contribution in [0.5, 0.6) is 0 Å². The van der Waals surface area contributed by atoms with Crippen molar-refractivity contribution in [1.82, 2.24) is 9.78 Å². The molecule has 0 saturated carbocycles. The van der Waals surface area contributed by atoms with E-state index in [1.165, 1.54) is 10.9 Å². The number of carbonyl (C=O) groups is 1. The van der Waals surface area contributed by atoms with Crippen LogP contribution in [0.4, 0.5) is 11.4 Å². The molecule has 7 heteroatoms. The van der Waals surface area contributed by atoms with Crippen LogP contribution in [0.1, 0.15) is 21.6 Å².